The lowest BCUT2D eigenvalue weighted by Crippen LogP contribution is -2.57. The van der Waals surface area contributed by atoms with Gasteiger partial charge >= 0.3 is 0 Å². The highest BCUT2D eigenvalue weighted by Crippen LogP contribution is 2.45. The van der Waals surface area contributed by atoms with Gasteiger partial charge in [-0.2, -0.15) is 0 Å². The Morgan fingerprint density at radius 1 is 1.25 bits per heavy atom. The second kappa shape index (κ2) is 8.62. The normalized spacial score (nSPS) is 24.4. The maximum Gasteiger partial charge on any atom is 0.252 e. The summed E-state index contributed by atoms with van der Waals surface area (Å²) >= 11 is 0. The summed E-state index contributed by atoms with van der Waals surface area (Å²) in [6.45, 7) is 5.71. The van der Waals surface area contributed by atoms with Crippen LogP contribution in [0.2, 0.25) is 0 Å². The Morgan fingerprint density at radius 2 is 1.89 bits per heavy atom. The first-order valence-corrected chi connectivity index (χ1v) is 10.2. The van der Waals surface area contributed by atoms with E-state index in [0.717, 1.165) is 5.56 Å². The summed E-state index contributed by atoms with van der Waals surface area (Å²) in [6.07, 6.45) is 1.25. The fraction of sp³-hybridized carbons (Fsp3) is 0.636. The minimum absolute atomic E-state index is 0.0626. The number of hydrogen-bond acceptors (Lipinski definition) is 4. The average Bonchev–Trinajstić information content (AvgIpc) is 2.90. The van der Waals surface area contributed by atoms with Gasteiger partial charge < -0.3 is 19.6 Å². The molecule has 2 aliphatic rings. The van der Waals surface area contributed by atoms with Crippen molar-refractivity contribution in [2.75, 3.05) is 26.8 Å². The van der Waals surface area contributed by atoms with Crippen molar-refractivity contribution < 1.29 is 19.4 Å². The molecule has 6 heteroatoms. The van der Waals surface area contributed by atoms with Gasteiger partial charge in [0.1, 0.15) is 6.10 Å². The molecular weight excluding hydrogens is 356 g/mol. The van der Waals surface area contributed by atoms with E-state index in [4.69, 9.17) is 4.74 Å². The van der Waals surface area contributed by atoms with Crippen LogP contribution in [-0.4, -0.2) is 65.2 Å². The van der Waals surface area contributed by atoms with Crippen molar-refractivity contribution in [1.82, 2.24) is 9.80 Å². The molecule has 154 valence electrons. The molecule has 1 spiro atoms. The van der Waals surface area contributed by atoms with E-state index in [-0.39, 0.29) is 24.3 Å². The summed E-state index contributed by atoms with van der Waals surface area (Å²) in [7, 11) is 1.53. The van der Waals surface area contributed by atoms with Crippen LogP contribution in [-0.2, 0) is 20.9 Å². The van der Waals surface area contributed by atoms with Gasteiger partial charge in [0.05, 0.1) is 12.1 Å². The number of carbonyl (C=O) groups excluding carboxylic acids is 2. The summed E-state index contributed by atoms with van der Waals surface area (Å²) in [5.41, 5.74) is 0.582. The summed E-state index contributed by atoms with van der Waals surface area (Å²) in [4.78, 5) is 29.5. The summed E-state index contributed by atoms with van der Waals surface area (Å²) in [5, 5.41) is 10.1. The predicted molar refractivity (Wildman–Crippen MR) is 106 cm³/mol. The molecule has 1 aromatic carbocycles. The third-order valence-corrected chi connectivity index (χ3v) is 6.30. The Bertz CT molecular complexity index is 683. The van der Waals surface area contributed by atoms with E-state index in [1.165, 1.54) is 7.11 Å². The maximum atomic E-state index is 13.2. The molecular formula is C22H32N2O4. The van der Waals surface area contributed by atoms with Crippen molar-refractivity contribution in [3.05, 3.63) is 35.9 Å². The van der Waals surface area contributed by atoms with E-state index < -0.39 is 11.6 Å². The Labute approximate surface area is 167 Å². The second-order valence-electron chi connectivity index (χ2n) is 8.44. The number of carbonyl (C=O) groups is 2. The number of methoxy groups -OCH3 is 1. The molecule has 2 atom stereocenters. The number of aliphatic hydroxyl groups is 1. The fourth-order valence-corrected chi connectivity index (χ4v) is 4.82. The molecule has 1 aromatic rings. The van der Waals surface area contributed by atoms with Crippen LogP contribution in [0.5, 0.6) is 0 Å². The molecule has 6 nitrogen and oxygen atoms in total. The molecule has 2 saturated heterocycles. The van der Waals surface area contributed by atoms with Gasteiger partial charge in [-0.3, -0.25) is 9.59 Å². The summed E-state index contributed by atoms with van der Waals surface area (Å²) < 4.78 is 5.52. The lowest BCUT2D eigenvalue weighted by atomic mass is 9.76. The largest absolute Gasteiger partial charge is 0.396 e. The molecule has 28 heavy (non-hydrogen) atoms. The minimum atomic E-state index is -0.633. The Morgan fingerprint density at radius 3 is 2.43 bits per heavy atom. The van der Waals surface area contributed by atoms with Crippen LogP contribution in [0, 0.1) is 11.8 Å². The third kappa shape index (κ3) is 3.80. The lowest BCUT2D eigenvalue weighted by molar-refractivity contribution is -0.140. The highest BCUT2D eigenvalue weighted by molar-refractivity contribution is 5.85. The van der Waals surface area contributed by atoms with Crippen molar-refractivity contribution in [3.8, 4) is 0 Å². The molecule has 0 radical (unpaired) electrons. The molecule has 0 aromatic heterocycles. The zero-order chi connectivity index (χ0) is 20.3. The van der Waals surface area contributed by atoms with E-state index in [1.54, 1.807) is 0 Å². The van der Waals surface area contributed by atoms with Crippen LogP contribution in [0.4, 0.5) is 0 Å². The van der Waals surface area contributed by atoms with Crippen LogP contribution < -0.4 is 0 Å². The number of amides is 2. The molecule has 0 bridgehead atoms. The molecule has 0 saturated carbocycles. The predicted octanol–water partition coefficient (Wildman–Crippen LogP) is 2.06. The molecule has 3 rings (SSSR count). The Kier molecular flexibility index (Phi) is 6.40. The number of benzene rings is 1. The Hall–Kier alpha value is -1.92. The molecule has 1 N–H and O–H groups in total. The molecule has 2 heterocycles. The monoisotopic (exact) mass is 388 g/mol. The molecule has 2 aliphatic heterocycles. The first kappa shape index (κ1) is 20.8. The van der Waals surface area contributed by atoms with Gasteiger partial charge in [-0.15, -0.1) is 0 Å². The van der Waals surface area contributed by atoms with E-state index >= 15 is 0 Å². The van der Waals surface area contributed by atoms with Crippen LogP contribution in [0.3, 0.4) is 0 Å². The zero-order valence-corrected chi connectivity index (χ0v) is 17.1. The maximum absolute atomic E-state index is 13.2. The van der Waals surface area contributed by atoms with Crippen LogP contribution in [0.1, 0.15) is 38.7 Å². The quantitative estimate of drug-likeness (QED) is 0.810. The van der Waals surface area contributed by atoms with Crippen LogP contribution in [0.25, 0.3) is 0 Å². The van der Waals surface area contributed by atoms with Crippen LogP contribution in [0.15, 0.2) is 30.3 Å². The minimum Gasteiger partial charge on any atom is -0.396 e. The smallest absolute Gasteiger partial charge is 0.252 e. The van der Waals surface area contributed by atoms with Gasteiger partial charge in [-0.05, 0) is 24.3 Å². The number of hydrogen-bond donors (Lipinski definition) is 1. The van der Waals surface area contributed by atoms with Crippen molar-refractivity contribution in [2.24, 2.45) is 11.8 Å². The van der Waals surface area contributed by atoms with Crippen molar-refractivity contribution in [1.29, 1.82) is 0 Å². The zero-order valence-electron chi connectivity index (χ0n) is 17.1. The molecule has 0 unspecified atom stereocenters. The SMILES string of the molecule is CO[C@H]1C(=O)N(Cc2ccccc2)C2(CCN(C(=O)CC(C)C)CC2)[C@@H]1CO. The van der Waals surface area contributed by atoms with Gasteiger partial charge in [0.2, 0.25) is 5.91 Å². The standard InChI is InChI=1S/C22H32N2O4/c1-16(2)13-19(26)23-11-9-22(10-12-23)18(15-25)20(28-3)21(27)24(22)14-17-7-5-4-6-8-17/h4-8,16,18,20,25H,9-15H2,1-3H3/t18-,20-/m1/s1. The fourth-order valence-electron chi connectivity index (χ4n) is 4.82. The number of aliphatic hydroxyl groups excluding tert-OH is 1. The molecule has 0 aliphatic carbocycles. The highest BCUT2D eigenvalue weighted by atomic mass is 16.5. The van der Waals surface area contributed by atoms with E-state index in [2.05, 4.69) is 0 Å². The summed E-state index contributed by atoms with van der Waals surface area (Å²) in [6, 6.07) is 9.91. The Balaban J connectivity index is 1.84. The molecule has 2 fully saturated rings. The number of nitrogens with zero attached hydrogens (tertiary/aromatic N) is 2. The van der Waals surface area contributed by atoms with Gasteiger partial charge in [0.25, 0.3) is 5.91 Å². The first-order chi connectivity index (χ1) is 13.4. The summed E-state index contributed by atoms with van der Waals surface area (Å²) in [5.74, 6) is 0.158. The number of rotatable bonds is 6. The van der Waals surface area contributed by atoms with E-state index in [9.17, 15) is 14.7 Å². The lowest BCUT2D eigenvalue weighted by Gasteiger charge is -2.47. The highest BCUT2D eigenvalue weighted by Gasteiger charge is 2.59. The number of ether oxygens (including phenoxy) is 1. The van der Waals surface area contributed by atoms with Crippen molar-refractivity contribution >= 4 is 11.8 Å². The first-order valence-electron chi connectivity index (χ1n) is 10.2. The second-order valence-corrected chi connectivity index (χ2v) is 8.44. The van der Waals surface area contributed by atoms with Crippen molar-refractivity contribution in [2.45, 2.75) is 51.3 Å². The van der Waals surface area contributed by atoms with Gasteiger partial charge in [0.15, 0.2) is 0 Å². The van der Waals surface area contributed by atoms with Crippen molar-refractivity contribution in [3.63, 3.8) is 0 Å². The number of piperidine rings is 1. The van der Waals surface area contributed by atoms with Gasteiger partial charge in [-0.1, -0.05) is 44.2 Å². The third-order valence-electron chi connectivity index (χ3n) is 6.30. The van der Waals surface area contributed by atoms with Crippen LogP contribution >= 0.6 is 0 Å². The number of likely N-dealkylation sites (tertiary alicyclic amines) is 2. The molecule has 2 amide bonds. The topological polar surface area (TPSA) is 70.1 Å². The van der Waals surface area contributed by atoms with E-state index in [1.807, 2.05) is 54.0 Å². The van der Waals surface area contributed by atoms with E-state index in [0.29, 0.717) is 44.8 Å². The van der Waals surface area contributed by atoms with Gasteiger partial charge in [0, 0.05) is 39.1 Å². The average molecular weight is 389 g/mol. The van der Waals surface area contributed by atoms with Gasteiger partial charge in [-0.25, -0.2) is 0 Å².